The van der Waals surface area contributed by atoms with Crippen LogP contribution in [0.15, 0.2) is 41.5 Å². The molecule has 168 valence electrons. The molecule has 0 fully saturated rings. The Morgan fingerprint density at radius 1 is 1.13 bits per heavy atom. The summed E-state index contributed by atoms with van der Waals surface area (Å²) in [6.07, 6.45) is 2.89. The summed E-state index contributed by atoms with van der Waals surface area (Å²) < 4.78 is 3.86. The molecule has 0 saturated carbocycles. The van der Waals surface area contributed by atoms with Gasteiger partial charge in [-0.3, -0.25) is 4.68 Å². The number of benzene rings is 1. The van der Waals surface area contributed by atoms with Crippen molar-refractivity contribution in [2.75, 3.05) is 6.54 Å². The minimum Gasteiger partial charge on any atom is -0.357 e. The molecule has 7 nitrogen and oxygen atoms in total. The Balaban J connectivity index is 0.00000341. The molecule has 2 N–H and O–H groups in total. The zero-order valence-corrected chi connectivity index (χ0v) is 21.6. The van der Waals surface area contributed by atoms with Crippen molar-refractivity contribution in [2.45, 2.75) is 53.6 Å². The number of para-hydroxylation sites is 1. The van der Waals surface area contributed by atoms with E-state index in [1.54, 1.807) is 0 Å². The van der Waals surface area contributed by atoms with E-state index >= 15 is 0 Å². The fraction of sp³-hybridized carbons (Fsp3) is 0.435. The first-order chi connectivity index (χ1) is 14.4. The molecule has 8 heteroatoms. The topological polar surface area (TPSA) is 72.1 Å². The summed E-state index contributed by atoms with van der Waals surface area (Å²) in [6, 6.07) is 10.5. The molecule has 3 aromatic rings. The van der Waals surface area contributed by atoms with Gasteiger partial charge in [0.1, 0.15) is 0 Å². The van der Waals surface area contributed by atoms with Crippen molar-refractivity contribution in [1.29, 1.82) is 0 Å². The second-order valence-corrected chi connectivity index (χ2v) is 7.75. The van der Waals surface area contributed by atoms with Gasteiger partial charge in [-0.15, -0.1) is 24.0 Å². The normalized spacial score (nSPS) is 12.4. The highest BCUT2D eigenvalue weighted by Gasteiger charge is 2.14. The highest BCUT2D eigenvalue weighted by Crippen LogP contribution is 2.16. The molecule has 0 radical (unpaired) electrons. The Hall–Kier alpha value is -2.36. The Bertz CT molecular complexity index is 1020. The van der Waals surface area contributed by atoms with E-state index < -0.39 is 0 Å². The van der Waals surface area contributed by atoms with Crippen LogP contribution in [0.25, 0.3) is 5.69 Å². The maximum absolute atomic E-state index is 4.84. The molecule has 0 amide bonds. The number of halogens is 1. The second-order valence-electron chi connectivity index (χ2n) is 7.75. The number of rotatable bonds is 7. The van der Waals surface area contributed by atoms with E-state index in [-0.39, 0.29) is 30.0 Å². The molecule has 0 aliphatic rings. The van der Waals surface area contributed by atoms with Gasteiger partial charge < -0.3 is 10.6 Å². The van der Waals surface area contributed by atoms with Crippen LogP contribution in [-0.2, 0) is 20.0 Å². The maximum atomic E-state index is 4.84. The lowest BCUT2D eigenvalue weighted by Crippen LogP contribution is -2.43. The third-order valence-corrected chi connectivity index (χ3v) is 5.26. The van der Waals surface area contributed by atoms with Gasteiger partial charge in [0.15, 0.2) is 5.96 Å². The van der Waals surface area contributed by atoms with E-state index in [1.807, 2.05) is 47.7 Å². The van der Waals surface area contributed by atoms with Crippen LogP contribution in [-0.4, -0.2) is 38.1 Å². The van der Waals surface area contributed by atoms with Crippen molar-refractivity contribution < 1.29 is 0 Å². The predicted molar refractivity (Wildman–Crippen MR) is 138 cm³/mol. The van der Waals surface area contributed by atoms with E-state index in [0.29, 0.717) is 6.54 Å². The zero-order chi connectivity index (χ0) is 21.7. The lowest BCUT2D eigenvalue weighted by atomic mass is 10.1. The monoisotopic (exact) mass is 535 g/mol. The molecule has 1 aromatic carbocycles. The van der Waals surface area contributed by atoms with E-state index in [1.165, 1.54) is 11.3 Å². The van der Waals surface area contributed by atoms with Gasteiger partial charge in [-0.25, -0.2) is 9.67 Å². The number of guanidine groups is 1. The molecular weight excluding hydrogens is 501 g/mol. The lowest BCUT2D eigenvalue weighted by Gasteiger charge is -2.18. The number of nitrogens with zero attached hydrogens (tertiary/aromatic N) is 5. The van der Waals surface area contributed by atoms with Gasteiger partial charge in [0, 0.05) is 31.5 Å². The van der Waals surface area contributed by atoms with Crippen molar-refractivity contribution >= 4 is 29.9 Å². The first-order valence-corrected chi connectivity index (χ1v) is 10.5. The van der Waals surface area contributed by atoms with E-state index in [9.17, 15) is 0 Å². The average Bonchev–Trinajstić information content (AvgIpc) is 3.25. The van der Waals surface area contributed by atoms with Gasteiger partial charge in [-0.05, 0) is 64.3 Å². The highest BCUT2D eigenvalue weighted by molar-refractivity contribution is 14.0. The molecule has 0 aliphatic heterocycles. The fourth-order valence-corrected chi connectivity index (χ4v) is 3.61. The minimum absolute atomic E-state index is 0. The molecule has 2 aromatic heterocycles. The van der Waals surface area contributed by atoms with Crippen LogP contribution in [0.5, 0.6) is 0 Å². The van der Waals surface area contributed by atoms with Gasteiger partial charge in [0.05, 0.1) is 23.6 Å². The number of aromatic nitrogens is 4. The first kappa shape index (κ1) is 24.9. The molecule has 0 spiro atoms. The minimum atomic E-state index is 0. The van der Waals surface area contributed by atoms with Crippen molar-refractivity contribution in [3.63, 3.8) is 0 Å². The van der Waals surface area contributed by atoms with Gasteiger partial charge >= 0.3 is 0 Å². The molecule has 1 unspecified atom stereocenters. The van der Waals surface area contributed by atoms with Crippen molar-refractivity contribution in [2.24, 2.45) is 12.0 Å². The largest absolute Gasteiger partial charge is 0.357 e. The summed E-state index contributed by atoms with van der Waals surface area (Å²) >= 11 is 0. The molecule has 0 saturated heterocycles. The standard InChI is InChI=1S/C23H33N7.HI/c1-7-24-23(26-17(3)14-21-18(4)28-29(6)19(21)5)25-15-20-10-8-9-11-22(20)30-13-12-16(2)27-30;/h8-13,17H,7,14-15H2,1-6H3,(H2,24,25,26);1H. The average molecular weight is 535 g/mol. The van der Waals surface area contributed by atoms with Gasteiger partial charge in [0.2, 0.25) is 0 Å². The Kier molecular flexibility index (Phi) is 9.09. The highest BCUT2D eigenvalue weighted by atomic mass is 127. The fourth-order valence-electron chi connectivity index (χ4n) is 3.61. The Morgan fingerprint density at radius 3 is 2.48 bits per heavy atom. The second kappa shape index (κ2) is 11.3. The van der Waals surface area contributed by atoms with Crippen molar-refractivity contribution in [3.05, 3.63) is 64.7 Å². The Morgan fingerprint density at radius 2 is 1.87 bits per heavy atom. The Labute approximate surface area is 202 Å². The maximum Gasteiger partial charge on any atom is 0.191 e. The molecule has 2 heterocycles. The van der Waals surface area contributed by atoms with Crippen LogP contribution >= 0.6 is 24.0 Å². The molecule has 0 aliphatic carbocycles. The van der Waals surface area contributed by atoms with Crippen molar-refractivity contribution in [1.82, 2.24) is 30.2 Å². The van der Waals surface area contributed by atoms with Gasteiger partial charge in [-0.2, -0.15) is 10.2 Å². The smallest absolute Gasteiger partial charge is 0.191 e. The molecule has 0 bridgehead atoms. The van der Waals surface area contributed by atoms with Gasteiger partial charge in [0.25, 0.3) is 0 Å². The van der Waals surface area contributed by atoms with Crippen LogP contribution in [0, 0.1) is 20.8 Å². The van der Waals surface area contributed by atoms with Crippen LogP contribution in [0.2, 0.25) is 0 Å². The van der Waals surface area contributed by atoms with Crippen LogP contribution in [0.4, 0.5) is 0 Å². The third-order valence-electron chi connectivity index (χ3n) is 5.26. The predicted octanol–water partition coefficient (Wildman–Crippen LogP) is 3.84. The van der Waals surface area contributed by atoms with E-state index in [0.717, 1.165) is 41.6 Å². The number of aliphatic imine (C=N–C) groups is 1. The summed E-state index contributed by atoms with van der Waals surface area (Å²) in [5.74, 6) is 0.815. The van der Waals surface area contributed by atoms with Crippen LogP contribution < -0.4 is 10.6 Å². The quantitative estimate of drug-likeness (QED) is 0.274. The summed E-state index contributed by atoms with van der Waals surface area (Å²) in [4.78, 5) is 4.84. The van der Waals surface area contributed by atoms with Gasteiger partial charge in [-0.1, -0.05) is 18.2 Å². The SMILES string of the molecule is CCNC(=NCc1ccccc1-n1ccc(C)n1)NC(C)Cc1c(C)nn(C)c1C.I. The summed E-state index contributed by atoms with van der Waals surface area (Å²) in [5, 5.41) is 16.0. The summed E-state index contributed by atoms with van der Waals surface area (Å²) in [7, 11) is 1.99. The number of hydrogen-bond donors (Lipinski definition) is 2. The van der Waals surface area contributed by atoms with Crippen LogP contribution in [0.3, 0.4) is 0 Å². The van der Waals surface area contributed by atoms with E-state index in [4.69, 9.17) is 4.99 Å². The molecular formula is C23H34IN7. The number of nitrogens with one attached hydrogen (secondary N) is 2. The zero-order valence-electron chi connectivity index (χ0n) is 19.3. The van der Waals surface area contributed by atoms with Crippen LogP contribution in [0.1, 0.15) is 42.1 Å². The first-order valence-electron chi connectivity index (χ1n) is 10.5. The van der Waals surface area contributed by atoms with Crippen molar-refractivity contribution in [3.8, 4) is 5.69 Å². The molecule has 3 rings (SSSR count). The number of hydrogen-bond acceptors (Lipinski definition) is 3. The molecule has 31 heavy (non-hydrogen) atoms. The summed E-state index contributed by atoms with van der Waals surface area (Å²) in [6.45, 7) is 11.8. The number of aryl methyl sites for hydroxylation is 3. The third kappa shape index (κ3) is 6.32. The van der Waals surface area contributed by atoms with E-state index in [2.05, 4.69) is 60.7 Å². The lowest BCUT2D eigenvalue weighted by molar-refractivity contribution is 0.635. The molecule has 1 atom stereocenters. The summed E-state index contributed by atoms with van der Waals surface area (Å²) in [5.41, 5.74) is 6.79.